The molecule has 2 N–H and O–H groups in total. The van der Waals surface area contributed by atoms with Crippen molar-refractivity contribution in [3.8, 4) is 0 Å². The monoisotopic (exact) mass is 412 g/mol. The SMILES string of the molecule is CC(NC(=O)CN1CCC(n2c(=O)[nH]c3ccccc32)CC1)c1ccccc1Cl. The summed E-state index contributed by atoms with van der Waals surface area (Å²) in [6.45, 7) is 3.86. The van der Waals surface area contributed by atoms with Gasteiger partial charge in [0.05, 0.1) is 23.6 Å². The Morgan fingerprint density at radius 1 is 1.17 bits per heavy atom. The number of nitrogens with one attached hydrogen (secondary N) is 2. The van der Waals surface area contributed by atoms with Gasteiger partial charge in [-0.25, -0.2) is 4.79 Å². The Labute approximate surface area is 174 Å². The van der Waals surface area contributed by atoms with Crippen LogP contribution in [0.3, 0.4) is 0 Å². The molecule has 6 nitrogen and oxygen atoms in total. The molecule has 1 unspecified atom stereocenters. The summed E-state index contributed by atoms with van der Waals surface area (Å²) in [6.07, 6.45) is 1.68. The zero-order valence-electron chi connectivity index (χ0n) is 16.4. The number of H-pyrrole nitrogens is 1. The highest BCUT2D eigenvalue weighted by atomic mass is 35.5. The van der Waals surface area contributed by atoms with Crippen molar-refractivity contribution in [1.82, 2.24) is 19.8 Å². The van der Waals surface area contributed by atoms with E-state index in [1.165, 1.54) is 0 Å². The topological polar surface area (TPSA) is 70.1 Å². The van der Waals surface area contributed by atoms with E-state index in [1.807, 2.05) is 60.0 Å². The first kappa shape index (κ1) is 19.7. The maximum Gasteiger partial charge on any atom is 0.326 e. The minimum Gasteiger partial charge on any atom is -0.348 e. The Morgan fingerprint density at radius 3 is 2.62 bits per heavy atom. The number of fused-ring (bicyclic) bond motifs is 1. The van der Waals surface area contributed by atoms with Gasteiger partial charge in [-0.3, -0.25) is 14.3 Å². The van der Waals surface area contributed by atoms with Crippen molar-refractivity contribution in [2.24, 2.45) is 0 Å². The first-order valence-corrected chi connectivity index (χ1v) is 10.4. The number of aromatic nitrogens is 2. The zero-order valence-corrected chi connectivity index (χ0v) is 17.2. The molecule has 0 aliphatic carbocycles. The summed E-state index contributed by atoms with van der Waals surface area (Å²) in [4.78, 5) is 30.0. The van der Waals surface area contributed by atoms with Crippen LogP contribution in [0.15, 0.2) is 53.3 Å². The fourth-order valence-corrected chi connectivity index (χ4v) is 4.47. The van der Waals surface area contributed by atoms with E-state index in [1.54, 1.807) is 0 Å². The molecule has 1 fully saturated rings. The van der Waals surface area contributed by atoms with Crippen LogP contribution in [-0.2, 0) is 4.79 Å². The zero-order chi connectivity index (χ0) is 20.4. The first-order valence-electron chi connectivity index (χ1n) is 9.98. The molecular weight excluding hydrogens is 388 g/mol. The maximum absolute atomic E-state index is 12.5. The maximum atomic E-state index is 12.5. The number of carbonyl (C=O) groups is 1. The predicted molar refractivity (Wildman–Crippen MR) is 115 cm³/mol. The van der Waals surface area contributed by atoms with Gasteiger partial charge in [-0.2, -0.15) is 0 Å². The summed E-state index contributed by atoms with van der Waals surface area (Å²) >= 11 is 6.22. The van der Waals surface area contributed by atoms with Gasteiger partial charge in [0, 0.05) is 24.2 Å². The van der Waals surface area contributed by atoms with Gasteiger partial charge in [0.2, 0.25) is 5.91 Å². The number of rotatable bonds is 5. The van der Waals surface area contributed by atoms with Gasteiger partial charge < -0.3 is 10.3 Å². The molecule has 2 heterocycles. The largest absolute Gasteiger partial charge is 0.348 e. The number of amides is 1. The second-order valence-electron chi connectivity index (χ2n) is 7.64. The molecular formula is C22H25ClN4O2. The van der Waals surface area contributed by atoms with E-state index in [0.29, 0.717) is 11.6 Å². The lowest BCUT2D eigenvalue weighted by atomic mass is 10.0. The highest BCUT2D eigenvalue weighted by Crippen LogP contribution is 2.25. The third-order valence-electron chi connectivity index (χ3n) is 5.66. The minimum absolute atomic E-state index is 0.0138. The molecule has 0 saturated carbocycles. The third-order valence-corrected chi connectivity index (χ3v) is 6.01. The molecule has 1 amide bonds. The average molecular weight is 413 g/mol. The molecule has 1 aliphatic rings. The average Bonchev–Trinajstić information content (AvgIpc) is 3.04. The van der Waals surface area contributed by atoms with Crippen LogP contribution in [-0.4, -0.2) is 40.0 Å². The lowest BCUT2D eigenvalue weighted by Crippen LogP contribution is -2.43. The van der Waals surface area contributed by atoms with Gasteiger partial charge in [0.1, 0.15) is 0 Å². The molecule has 4 rings (SSSR count). The standard InChI is InChI=1S/C22H25ClN4O2/c1-15(17-6-2-3-7-18(17)23)24-21(28)14-26-12-10-16(11-13-26)27-20-9-5-4-8-19(20)25-22(27)29/h2-9,15-16H,10-14H2,1H3,(H,24,28)(H,25,29). The molecule has 7 heteroatoms. The number of hydrogen-bond donors (Lipinski definition) is 2. The number of hydrogen-bond acceptors (Lipinski definition) is 3. The quantitative estimate of drug-likeness (QED) is 0.673. The number of carbonyl (C=O) groups excluding carboxylic acids is 1. The predicted octanol–water partition coefficient (Wildman–Crippen LogP) is 3.50. The molecule has 1 atom stereocenters. The van der Waals surface area contributed by atoms with E-state index < -0.39 is 0 Å². The number of para-hydroxylation sites is 2. The molecule has 3 aromatic rings. The Hall–Kier alpha value is -2.57. The Bertz CT molecular complexity index is 1070. The second-order valence-corrected chi connectivity index (χ2v) is 8.04. The van der Waals surface area contributed by atoms with Gasteiger partial charge >= 0.3 is 5.69 Å². The smallest absolute Gasteiger partial charge is 0.326 e. The van der Waals surface area contributed by atoms with Crippen LogP contribution in [0.25, 0.3) is 11.0 Å². The summed E-state index contributed by atoms with van der Waals surface area (Å²) in [5.41, 5.74) is 2.67. The number of nitrogens with zero attached hydrogens (tertiary/aromatic N) is 2. The summed E-state index contributed by atoms with van der Waals surface area (Å²) in [5, 5.41) is 3.69. The highest BCUT2D eigenvalue weighted by Gasteiger charge is 2.25. The summed E-state index contributed by atoms with van der Waals surface area (Å²) < 4.78 is 1.87. The van der Waals surface area contributed by atoms with Crippen LogP contribution in [0.1, 0.15) is 37.4 Å². The van der Waals surface area contributed by atoms with Crippen LogP contribution < -0.4 is 11.0 Å². The molecule has 152 valence electrons. The van der Waals surface area contributed by atoms with Crippen molar-refractivity contribution in [1.29, 1.82) is 0 Å². The van der Waals surface area contributed by atoms with E-state index in [9.17, 15) is 9.59 Å². The van der Waals surface area contributed by atoms with Crippen molar-refractivity contribution in [3.05, 3.63) is 69.6 Å². The van der Waals surface area contributed by atoms with E-state index in [0.717, 1.165) is 42.5 Å². The molecule has 1 aliphatic heterocycles. The third kappa shape index (κ3) is 4.23. The Kier molecular flexibility index (Phi) is 5.74. The van der Waals surface area contributed by atoms with Gasteiger partial charge in [0.15, 0.2) is 0 Å². The van der Waals surface area contributed by atoms with Crippen LogP contribution >= 0.6 is 11.6 Å². The van der Waals surface area contributed by atoms with E-state index in [2.05, 4.69) is 15.2 Å². The summed E-state index contributed by atoms with van der Waals surface area (Å²) in [7, 11) is 0. The number of aromatic amines is 1. The van der Waals surface area contributed by atoms with Crippen molar-refractivity contribution >= 4 is 28.5 Å². The lowest BCUT2D eigenvalue weighted by Gasteiger charge is -2.32. The lowest BCUT2D eigenvalue weighted by molar-refractivity contribution is -0.123. The van der Waals surface area contributed by atoms with Gasteiger partial charge in [-0.1, -0.05) is 41.9 Å². The number of likely N-dealkylation sites (tertiary alicyclic amines) is 1. The molecule has 1 aromatic heterocycles. The van der Waals surface area contributed by atoms with Crippen LogP contribution in [0.4, 0.5) is 0 Å². The number of halogens is 1. The molecule has 0 radical (unpaired) electrons. The van der Waals surface area contributed by atoms with Crippen molar-refractivity contribution in [3.63, 3.8) is 0 Å². The number of piperidine rings is 1. The van der Waals surface area contributed by atoms with Crippen molar-refractivity contribution in [2.45, 2.75) is 31.8 Å². The summed E-state index contributed by atoms with van der Waals surface area (Å²) in [5.74, 6) is -0.0138. The molecule has 2 aromatic carbocycles. The number of benzene rings is 2. The molecule has 29 heavy (non-hydrogen) atoms. The van der Waals surface area contributed by atoms with Gasteiger partial charge in [-0.05, 0) is 43.5 Å². The van der Waals surface area contributed by atoms with Crippen molar-refractivity contribution in [2.75, 3.05) is 19.6 Å². The van der Waals surface area contributed by atoms with E-state index >= 15 is 0 Å². The fraction of sp³-hybridized carbons (Fsp3) is 0.364. The summed E-state index contributed by atoms with van der Waals surface area (Å²) in [6, 6.07) is 15.3. The molecule has 0 bridgehead atoms. The number of imidazole rings is 1. The van der Waals surface area contributed by atoms with Crippen molar-refractivity contribution < 1.29 is 4.79 Å². The van der Waals surface area contributed by atoms with Crippen LogP contribution in [0.2, 0.25) is 5.02 Å². The molecule has 1 saturated heterocycles. The minimum atomic E-state index is -0.140. The van der Waals surface area contributed by atoms with Gasteiger partial charge in [0.25, 0.3) is 0 Å². The highest BCUT2D eigenvalue weighted by molar-refractivity contribution is 6.31. The normalized spacial score (nSPS) is 16.8. The molecule has 0 spiro atoms. The Balaban J connectivity index is 1.34. The first-order chi connectivity index (χ1) is 14.0. The van der Waals surface area contributed by atoms with Gasteiger partial charge in [-0.15, -0.1) is 0 Å². The van der Waals surface area contributed by atoms with Crippen LogP contribution in [0.5, 0.6) is 0 Å². The van der Waals surface area contributed by atoms with Crippen LogP contribution in [0, 0.1) is 0 Å². The van der Waals surface area contributed by atoms with E-state index in [4.69, 9.17) is 11.6 Å². The van der Waals surface area contributed by atoms with E-state index in [-0.39, 0.29) is 23.7 Å². The Morgan fingerprint density at radius 2 is 1.86 bits per heavy atom. The second kappa shape index (κ2) is 8.43. The fourth-order valence-electron chi connectivity index (χ4n) is 4.17.